The summed E-state index contributed by atoms with van der Waals surface area (Å²) >= 11 is 7.45. The lowest BCUT2D eigenvalue weighted by molar-refractivity contribution is -0.129. The zero-order valence-electron chi connectivity index (χ0n) is 15.3. The summed E-state index contributed by atoms with van der Waals surface area (Å²) in [5.41, 5.74) is -0.0645. The number of carbonyl (C=O) groups is 2. The van der Waals surface area contributed by atoms with E-state index in [2.05, 4.69) is 5.32 Å². The Balaban J connectivity index is 2.09. The standard InChI is InChI=1S/C17H19ClN2O6S2/c1-11(16(21)19-10-13-5-4-8-27-13)26-17(22)12-6-7-14(18)15(9-12)28(23,24)20(2)25-3/h4-9,11H,10H2,1-3H3,(H,19,21). The van der Waals surface area contributed by atoms with Gasteiger partial charge in [0.15, 0.2) is 6.10 Å². The molecule has 1 heterocycles. The molecular formula is C17H19ClN2O6S2. The van der Waals surface area contributed by atoms with E-state index in [1.807, 2.05) is 17.5 Å². The van der Waals surface area contributed by atoms with E-state index in [0.29, 0.717) is 11.0 Å². The monoisotopic (exact) mass is 446 g/mol. The summed E-state index contributed by atoms with van der Waals surface area (Å²) in [7, 11) is -1.69. The van der Waals surface area contributed by atoms with Crippen molar-refractivity contribution in [2.24, 2.45) is 0 Å². The van der Waals surface area contributed by atoms with Crippen molar-refractivity contribution < 1.29 is 27.6 Å². The molecule has 0 saturated heterocycles. The summed E-state index contributed by atoms with van der Waals surface area (Å²) in [5, 5.41) is 4.47. The highest BCUT2D eigenvalue weighted by atomic mass is 35.5. The summed E-state index contributed by atoms with van der Waals surface area (Å²) in [4.78, 5) is 29.8. The van der Waals surface area contributed by atoms with Crippen LogP contribution in [-0.2, 0) is 30.9 Å². The molecule has 0 aliphatic heterocycles. The van der Waals surface area contributed by atoms with Gasteiger partial charge < -0.3 is 10.1 Å². The second kappa shape index (κ2) is 9.48. The van der Waals surface area contributed by atoms with E-state index in [9.17, 15) is 18.0 Å². The van der Waals surface area contributed by atoms with Crippen molar-refractivity contribution in [3.8, 4) is 0 Å². The molecule has 11 heteroatoms. The first-order chi connectivity index (χ1) is 13.2. The van der Waals surface area contributed by atoms with Crippen LogP contribution in [0.15, 0.2) is 40.6 Å². The average Bonchev–Trinajstić information content (AvgIpc) is 3.18. The minimum Gasteiger partial charge on any atom is -0.449 e. The van der Waals surface area contributed by atoms with Crippen LogP contribution in [0.4, 0.5) is 0 Å². The number of rotatable bonds is 8. The topological polar surface area (TPSA) is 102 Å². The second-order valence-electron chi connectivity index (χ2n) is 5.59. The largest absolute Gasteiger partial charge is 0.449 e. The quantitative estimate of drug-likeness (QED) is 0.493. The van der Waals surface area contributed by atoms with Gasteiger partial charge in [-0.25, -0.2) is 13.2 Å². The molecule has 0 radical (unpaired) electrons. The number of esters is 1. The summed E-state index contributed by atoms with van der Waals surface area (Å²) in [5.74, 6) is -1.32. The number of hydrogen-bond donors (Lipinski definition) is 1. The molecule has 1 atom stereocenters. The third kappa shape index (κ3) is 5.30. The van der Waals surface area contributed by atoms with Gasteiger partial charge in [-0.1, -0.05) is 22.1 Å². The van der Waals surface area contributed by atoms with E-state index in [1.54, 1.807) is 0 Å². The molecular weight excluding hydrogens is 428 g/mol. The molecule has 0 aliphatic rings. The molecule has 1 aromatic carbocycles. The van der Waals surface area contributed by atoms with Crippen LogP contribution in [0.5, 0.6) is 0 Å². The fourth-order valence-corrected chi connectivity index (χ4v) is 4.20. The van der Waals surface area contributed by atoms with Crippen molar-refractivity contribution in [1.82, 2.24) is 9.79 Å². The fourth-order valence-electron chi connectivity index (χ4n) is 2.08. The van der Waals surface area contributed by atoms with Crippen molar-refractivity contribution in [3.63, 3.8) is 0 Å². The van der Waals surface area contributed by atoms with Gasteiger partial charge in [0.25, 0.3) is 15.9 Å². The molecule has 0 spiro atoms. The van der Waals surface area contributed by atoms with Gasteiger partial charge in [0.2, 0.25) is 0 Å². The molecule has 0 bridgehead atoms. The molecule has 0 saturated carbocycles. The molecule has 1 unspecified atom stereocenters. The Kier molecular flexibility index (Phi) is 7.55. The molecule has 1 N–H and O–H groups in total. The van der Waals surface area contributed by atoms with Gasteiger partial charge in [-0.05, 0) is 36.6 Å². The van der Waals surface area contributed by atoms with E-state index >= 15 is 0 Å². The third-order valence-electron chi connectivity index (χ3n) is 3.71. The highest BCUT2D eigenvalue weighted by Crippen LogP contribution is 2.25. The number of halogens is 1. The van der Waals surface area contributed by atoms with Crippen molar-refractivity contribution in [2.75, 3.05) is 14.2 Å². The fraction of sp³-hybridized carbons (Fsp3) is 0.294. The van der Waals surface area contributed by atoms with Crippen LogP contribution in [0, 0.1) is 0 Å². The number of hydrogen-bond acceptors (Lipinski definition) is 7. The van der Waals surface area contributed by atoms with Crippen molar-refractivity contribution in [2.45, 2.75) is 24.5 Å². The number of nitrogens with one attached hydrogen (secondary N) is 1. The van der Waals surface area contributed by atoms with Crippen LogP contribution in [-0.4, -0.2) is 45.0 Å². The lowest BCUT2D eigenvalue weighted by atomic mass is 10.2. The van der Waals surface area contributed by atoms with Crippen LogP contribution in [0.2, 0.25) is 5.02 Å². The van der Waals surface area contributed by atoms with Crippen LogP contribution < -0.4 is 5.32 Å². The summed E-state index contributed by atoms with van der Waals surface area (Å²) in [6, 6.07) is 7.38. The maximum atomic E-state index is 12.4. The minimum absolute atomic E-state index is 0.0645. The Morgan fingerprint density at radius 1 is 1.32 bits per heavy atom. The minimum atomic E-state index is -4.06. The van der Waals surface area contributed by atoms with Gasteiger partial charge in [-0.2, -0.15) is 0 Å². The van der Waals surface area contributed by atoms with Crippen molar-refractivity contribution in [3.05, 3.63) is 51.2 Å². The number of ether oxygens (including phenoxy) is 1. The van der Waals surface area contributed by atoms with Crippen LogP contribution >= 0.6 is 22.9 Å². The molecule has 2 rings (SSSR count). The summed E-state index contributed by atoms with van der Waals surface area (Å²) < 4.78 is 30.5. The number of nitrogens with zero attached hydrogens (tertiary/aromatic N) is 1. The van der Waals surface area contributed by atoms with Gasteiger partial charge in [0.1, 0.15) is 4.90 Å². The zero-order valence-corrected chi connectivity index (χ0v) is 17.7. The highest BCUT2D eigenvalue weighted by Gasteiger charge is 2.26. The smallest absolute Gasteiger partial charge is 0.338 e. The van der Waals surface area contributed by atoms with Gasteiger partial charge >= 0.3 is 5.97 Å². The lowest BCUT2D eigenvalue weighted by Crippen LogP contribution is -2.35. The van der Waals surface area contributed by atoms with Crippen LogP contribution in [0.3, 0.4) is 0 Å². The highest BCUT2D eigenvalue weighted by molar-refractivity contribution is 7.89. The number of amides is 1. The van der Waals surface area contributed by atoms with Crippen molar-refractivity contribution in [1.29, 1.82) is 0 Å². The number of sulfonamides is 1. The number of hydroxylamine groups is 1. The molecule has 1 aromatic heterocycles. The molecule has 152 valence electrons. The summed E-state index contributed by atoms with van der Waals surface area (Å²) in [6.07, 6.45) is -1.06. The van der Waals surface area contributed by atoms with E-state index in [-0.39, 0.29) is 15.5 Å². The number of carbonyl (C=O) groups excluding carboxylic acids is 2. The zero-order chi connectivity index (χ0) is 20.9. The van der Waals surface area contributed by atoms with E-state index in [0.717, 1.165) is 10.9 Å². The number of benzene rings is 1. The molecule has 28 heavy (non-hydrogen) atoms. The Morgan fingerprint density at radius 2 is 2.04 bits per heavy atom. The van der Waals surface area contributed by atoms with Gasteiger partial charge in [-0.3, -0.25) is 9.63 Å². The summed E-state index contributed by atoms with van der Waals surface area (Å²) in [6.45, 7) is 1.75. The average molecular weight is 447 g/mol. The van der Waals surface area contributed by atoms with Crippen LogP contribution in [0.25, 0.3) is 0 Å². The maximum Gasteiger partial charge on any atom is 0.338 e. The molecule has 8 nitrogen and oxygen atoms in total. The SMILES string of the molecule is CON(C)S(=O)(=O)c1cc(C(=O)OC(C)C(=O)NCc2cccs2)ccc1Cl. The lowest BCUT2D eigenvalue weighted by Gasteiger charge is -2.16. The van der Waals surface area contributed by atoms with E-state index < -0.39 is 28.0 Å². The Bertz CT molecular complexity index is 947. The van der Waals surface area contributed by atoms with Gasteiger partial charge in [0.05, 0.1) is 24.2 Å². The predicted octanol–water partition coefficient (Wildman–Crippen LogP) is 2.45. The first-order valence-electron chi connectivity index (χ1n) is 8.00. The first-order valence-corrected chi connectivity index (χ1v) is 10.7. The van der Waals surface area contributed by atoms with Gasteiger partial charge in [-0.15, -0.1) is 11.3 Å². The predicted molar refractivity (Wildman–Crippen MR) is 104 cm³/mol. The third-order valence-corrected chi connectivity index (χ3v) is 6.75. The molecule has 1 amide bonds. The van der Waals surface area contributed by atoms with Crippen molar-refractivity contribution >= 4 is 44.8 Å². The Labute approximate surface area is 172 Å². The Morgan fingerprint density at radius 3 is 2.64 bits per heavy atom. The maximum absolute atomic E-state index is 12.4. The van der Waals surface area contributed by atoms with Crippen LogP contribution in [0.1, 0.15) is 22.2 Å². The Hall–Kier alpha value is -1.98. The van der Waals surface area contributed by atoms with E-state index in [1.165, 1.54) is 44.6 Å². The molecule has 2 aromatic rings. The normalized spacial score (nSPS) is 12.6. The molecule has 0 aliphatic carbocycles. The van der Waals surface area contributed by atoms with E-state index in [4.69, 9.17) is 21.2 Å². The first kappa shape index (κ1) is 22.3. The van der Waals surface area contributed by atoms with Gasteiger partial charge in [0, 0.05) is 11.9 Å². The second-order valence-corrected chi connectivity index (χ2v) is 8.93. The molecule has 0 fully saturated rings. The number of thiophene rings is 1.